The van der Waals surface area contributed by atoms with Gasteiger partial charge in [0.25, 0.3) is 0 Å². The number of ether oxygens (including phenoxy) is 1. The molecule has 0 aliphatic rings. The number of nitrogens with zero attached hydrogens (tertiary/aromatic N) is 2. The lowest BCUT2D eigenvalue weighted by atomic mass is 9.92. The third kappa shape index (κ3) is 5.43. The van der Waals surface area contributed by atoms with Crippen LogP contribution in [-0.2, 0) is 0 Å². The van der Waals surface area contributed by atoms with Gasteiger partial charge in [0.1, 0.15) is 11.6 Å². The Labute approximate surface area is 115 Å². The molecule has 0 spiro atoms. The number of aliphatic imine (C=N–C) groups is 1. The first-order valence-electron chi connectivity index (χ1n) is 6.30. The normalized spacial score (nSPS) is 11.8. The van der Waals surface area contributed by atoms with Crippen LogP contribution in [0.5, 0.6) is 5.75 Å². The van der Waals surface area contributed by atoms with E-state index >= 15 is 0 Å². The summed E-state index contributed by atoms with van der Waals surface area (Å²) in [7, 11) is 1.63. The fourth-order valence-corrected chi connectivity index (χ4v) is 1.51. The molecule has 0 atom stereocenters. The summed E-state index contributed by atoms with van der Waals surface area (Å²) in [5.74, 6) is 1.39. The smallest absolute Gasteiger partial charge is 0.182 e. The monoisotopic (exact) mass is 259 g/mol. The van der Waals surface area contributed by atoms with Crippen LogP contribution < -0.4 is 10.1 Å². The maximum atomic E-state index is 8.79. The van der Waals surface area contributed by atoms with E-state index in [-0.39, 0.29) is 5.41 Å². The van der Waals surface area contributed by atoms with Crippen molar-refractivity contribution in [2.75, 3.05) is 13.7 Å². The standard InChI is InChI=1S/C15H21N3O/c1-15(2,3)9-10-17-14(18-11-16)12-5-7-13(19-4)8-6-12/h5-8H,9-10H2,1-4H3,(H,17,18). The van der Waals surface area contributed by atoms with Gasteiger partial charge < -0.3 is 4.74 Å². The van der Waals surface area contributed by atoms with Crippen molar-refractivity contribution in [1.29, 1.82) is 5.26 Å². The summed E-state index contributed by atoms with van der Waals surface area (Å²) in [5, 5.41) is 11.4. The summed E-state index contributed by atoms with van der Waals surface area (Å²) in [6.07, 6.45) is 2.90. The molecular formula is C15H21N3O. The van der Waals surface area contributed by atoms with E-state index in [1.165, 1.54) is 0 Å². The van der Waals surface area contributed by atoms with Crippen LogP contribution in [0.15, 0.2) is 29.3 Å². The Morgan fingerprint density at radius 3 is 2.42 bits per heavy atom. The van der Waals surface area contributed by atoms with E-state index in [0.717, 1.165) is 17.7 Å². The molecule has 0 radical (unpaired) electrons. The first kappa shape index (κ1) is 15.0. The number of rotatable bonds is 4. The zero-order valence-corrected chi connectivity index (χ0v) is 12.0. The van der Waals surface area contributed by atoms with Crippen LogP contribution in [-0.4, -0.2) is 19.5 Å². The molecular weight excluding hydrogens is 238 g/mol. The Morgan fingerprint density at radius 2 is 1.95 bits per heavy atom. The SMILES string of the molecule is COc1ccc(C(=NCCC(C)(C)C)NC#N)cc1. The summed E-state index contributed by atoms with van der Waals surface area (Å²) < 4.78 is 5.11. The molecule has 1 rings (SSSR count). The van der Waals surface area contributed by atoms with Crippen molar-refractivity contribution in [2.24, 2.45) is 10.4 Å². The Morgan fingerprint density at radius 1 is 1.32 bits per heavy atom. The average molecular weight is 259 g/mol. The van der Waals surface area contributed by atoms with Crippen molar-refractivity contribution < 1.29 is 4.74 Å². The number of hydrogen-bond donors (Lipinski definition) is 1. The topological polar surface area (TPSA) is 57.4 Å². The van der Waals surface area contributed by atoms with Crippen LogP contribution in [0.2, 0.25) is 0 Å². The minimum Gasteiger partial charge on any atom is -0.497 e. The van der Waals surface area contributed by atoms with Crippen molar-refractivity contribution in [3.05, 3.63) is 29.8 Å². The lowest BCUT2D eigenvalue weighted by Crippen LogP contribution is -2.20. The predicted molar refractivity (Wildman–Crippen MR) is 77.2 cm³/mol. The molecule has 4 heteroatoms. The van der Waals surface area contributed by atoms with E-state index < -0.39 is 0 Å². The van der Waals surface area contributed by atoms with E-state index in [0.29, 0.717) is 12.4 Å². The third-order valence-corrected chi connectivity index (χ3v) is 2.67. The molecule has 0 unspecified atom stereocenters. The first-order chi connectivity index (χ1) is 8.96. The Kier molecular flexibility index (Phi) is 5.37. The second-order valence-corrected chi connectivity index (χ2v) is 5.51. The number of amidine groups is 1. The molecule has 0 aromatic heterocycles. The first-order valence-corrected chi connectivity index (χ1v) is 6.30. The minimum absolute atomic E-state index is 0.237. The summed E-state index contributed by atoms with van der Waals surface area (Å²) >= 11 is 0. The van der Waals surface area contributed by atoms with Crippen LogP contribution in [0.3, 0.4) is 0 Å². The Balaban J connectivity index is 2.81. The minimum atomic E-state index is 0.237. The summed E-state index contributed by atoms with van der Waals surface area (Å²) in [5.41, 5.74) is 1.12. The second-order valence-electron chi connectivity index (χ2n) is 5.51. The molecule has 102 valence electrons. The number of methoxy groups -OCH3 is 1. The van der Waals surface area contributed by atoms with Crippen molar-refractivity contribution >= 4 is 5.84 Å². The zero-order chi connectivity index (χ0) is 14.3. The summed E-state index contributed by atoms with van der Waals surface area (Å²) in [6, 6.07) is 7.49. The molecule has 0 heterocycles. The van der Waals surface area contributed by atoms with Gasteiger partial charge in [-0.1, -0.05) is 20.8 Å². The molecule has 0 saturated heterocycles. The molecule has 1 N–H and O–H groups in total. The predicted octanol–water partition coefficient (Wildman–Crippen LogP) is 2.95. The molecule has 1 aromatic rings. The molecule has 0 bridgehead atoms. The van der Waals surface area contributed by atoms with Crippen LogP contribution in [0.4, 0.5) is 0 Å². The average Bonchev–Trinajstić information content (AvgIpc) is 2.36. The van der Waals surface area contributed by atoms with E-state index in [4.69, 9.17) is 10.00 Å². The molecule has 0 saturated carbocycles. The number of benzene rings is 1. The number of nitrogens with one attached hydrogen (secondary N) is 1. The molecule has 0 amide bonds. The van der Waals surface area contributed by atoms with Gasteiger partial charge in [-0.05, 0) is 36.1 Å². The molecule has 4 nitrogen and oxygen atoms in total. The van der Waals surface area contributed by atoms with Gasteiger partial charge in [0.05, 0.1) is 7.11 Å². The highest BCUT2D eigenvalue weighted by Crippen LogP contribution is 2.18. The highest BCUT2D eigenvalue weighted by atomic mass is 16.5. The van der Waals surface area contributed by atoms with Gasteiger partial charge in [0, 0.05) is 12.1 Å². The van der Waals surface area contributed by atoms with E-state index in [1.54, 1.807) is 7.11 Å². The zero-order valence-electron chi connectivity index (χ0n) is 12.0. The van der Waals surface area contributed by atoms with Gasteiger partial charge in [-0.15, -0.1) is 0 Å². The number of hydrogen-bond acceptors (Lipinski definition) is 3. The van der Waals surface area contributed by atoms with Crippen molar-refractivity contribution in [2.45, 2.75) is 27.2 Å². The molecule has 0 aliphatic carbocycles. The lowest BCUT2D eigenvalue weighted by Gasteiger charge is -2.16. The van der Waals surface area contributed by atoms with Crippen molar-refractivity contribution in [3.8, 4) is 11.9 Å². The fraction of sp³-hybridized carbons (Fsp3) is 0.467. The second kappa shape index (κ2) is 6.79. The van der Waals surface area contributed by atoms with Crippen LogP contribution in [0.25, 0.3) is 0 Å². The van der Waals surface area contributed by atoms with Crippen molar-refractivity contribution in [1.82, 2.24) is 5.32 Å². The van der Waals surface area contributed by atoms with Crippen LogP contribution in [0.1, 0.15) is 32.8 Å². The molecule has 0 aliphatic heterocycles. The van der Waals surface area contributed by atoms with Gasteiger partial charge in [-0.3, -0.25) is 10.3 Å². The molecule has 19 heavy (non-hydrogen) atoms. The highest BCUT2D eigenvalue weighted by molar-refractivity contribution is 5.99. The Bertz CT molecular complexity index is 464. The number of nitriles is 1. The maximum Gasteiger partial charge on any atom is 0.182 e. The third-order valence-electron chi connectivity index (χ3n) is 2.67. The summed E-state index contributed by atoms with van der Waals surface area (Å²) in [4.78, 5) is 4.47. The van der Waals surface area contributed by atoms with Gasteiger partial charge >= 0.3 is 0 Å². The van der Waals surface area contributed by atoms with E-state index in [9.17, 15) is 0 Å². The van der Waals surface area contributed by atoms with E-state index in [1.807, 2.05) is 30.5 Å². The lowest BCUT2D eigenvalue weighted by molar-refractivity contribution is 0.385. The van der Waals surface area contributed by atoms with Crippen LogP contribution in [0, 0.1) is 16.9 Å². The van der Waals surface area contributed by atoms with E-state index in [2.05, 4.69) is 31.1 Å². The molecule has 1 aromatic carbocycles. The van der Waals surface area contributed by atoms with Crippen molar-refractivity contribution in [3.63, 3.8) is 0 Å². The fourth-order valence-electron chi connectivity index (χ4n) is 1.51. The quantitative estimate of drug-likeness (QED) is 0.391. The largest absolute Gasteiger partial charge is 0.497 e. The highest BCUT2D eigenvalue weighted by Gasteiger charge is 2.09. The Hall–Kier alpha value is -2.02. The van der Waals surface area contributed by atoms with Gasteiger partial charge in [0.15, 0.2) is 6.19 Å². The van der Waals surface area contributed by atoms with Gasteiger partial charge in [-0.2, -0.15) is 5.26 Å². The van der Waals surface area contributed by atoms with Gasteiger partial charge in [-0.25, -0.2) is 0 Å². The van der Waals surface area contributed by atoms with Crippen LogP contribution >= 0.6 is 0 Å². The van der Waals surface area contributed by atoms with Gasteiger partial charge in [0.2, 0.25) is 0 Å². The molecule has 0 fully saturated rings. The summed E-state index contributed by atoms with van der Waals surface area (Å²) in [6.45, 7) is 7.22. The maximum absolute atomic E-state index is 8.79.